The van der Waals surface area contributed by atoms with Crippen LogP contribution in [-0.2, 0) is 6.54 Å². The summed E-state index contributed by atoms with van der Waals surface area (Å²) in [5, 5.41) is 5.14. The van der Waals surface area contributed by atoms with E-state index in [-0.39, 0.29) is 18.1 Å². The summed E-state index contributed by atoms with van der Waals surface area (Å²) in [6.45, 7) is 0.208. The Morgan fingerprint density at radius 1 is 0.923 bits per heavy atom. The Morgan fingerprint density at radius 2 is 1.62 bits per heavy atom. The number of hydrogen-bond acceptors (Lipinski definition) is 3. The quantitative estimate of drug-likeness (QED) is 0.713. The number of anilines is 2. The maximum atomic E-state index is 13.6. The Morgan fingerprint density at radius 3 is 2.35 bits per heavy atom. The summed E-state index contributed by atoms with van der Waals surface area (Å²) in [4.78, 5) is 16.1. The SMILES string of the molecule is O=C(Nc1c(F)cccc1F)c1cc(NCc2ccccc2F)ccn1. The molecule has 1 amide bonds. The molecule has 0 aliphatic carbocycles. The van der Waals surface area contributed by atoms with Crippen molar-refractivity contribution in [1.82, 2.24) is 4.98 Å². The van der Waals surface area contributed by atoms with E-state index in [9.17, 15) is 18.0 Å². The molecule has 3 rings (SSSR count). The number of benzene rings is 2. The number of aromatic nitrogens is 1. The summed E-state index contributed by atoms with van der Waals surface area (Å²) in [5.74, 6) is -2.87. The third-order valence-corrected chi connectivity index (χ3v) is 3.63. The molecule has 4 nitrogen and oxygen atoms in total. The van der Waals surface area contributed by atoms with Gasteiger partial charge in [0.25, 0.3) is 5.91 Å². The third-order valence-electron chi connectivity index (χ3n) is 3.63. The van der Waals surface area contributed by atoms with Gasteiger partial charge in [-0.05, 0) is 30.3 Å². The Balaban J connectivity index is 1.72. The van der Waals surface area contributed by atoms with E-state index in [2.05, 4.69) is 15.6 Å². The molecule has 0 fully saturated rings. The van der Waals surface area contributed by atoms with Gasteiger partial charge in [0.15, 0.2) is 0 Å². The van der Waals surface area contributed by atoms with Crippen LogP contribution in [0.25, 0.3) is 0 Å². The number of nitrogens with one attached hydrogen (secondary N) is 2. The van der Waals surface area contributed by atoms with Gasteiger partial charge in [0, 0.05) is 24.0 Å². The number of carbonyl (C=O) groups excluding carboxylic acids is 1. The summed E-state index contributed by atoms with van der Waals surface area (Å²) >= 11 is 0. The summed E-state index contributed by atoms with van der Waals surface area (Å²) in [5.41, 5.74) is 0.404. The molecule has 0 saturated carbocycles. The van der Waals surface area contributed by atoms with Crippen molar-refractivity contribution in [1.29, 1.82) is 0 Å². The first-order chi connectivity index (χ1) is 12.5. The predicted octanol–water partition coefficient (Wildman–Crippen LogP) is 4.36. The average molecular weight is 357 g/mol. The molecule has 0 spiro atoms. The lowest BCUT2D eigenvalue weighted by Crippen LogP contribution is -2.16. The second kappa shape index (κ2) is 7.69. The molecule has 2 aromatic carbocycles. The largest absolute Gasteiger partial charge is 0.381 e. The number of amides is 1. The molecule has 0 aliphatic heterocycles. The molecule has 132 valence electrons. The van der Waals surface area contributed by atoms with Crippen LogP contribution < -0.4 is 10.6 Å². The Kier molecular flexibility index (Phi) is 5.17. The minimum atomic E-state index is -0.882. The first-order valence-corrected chi connectivity index (χ1v) is 7.73. The molecule has 1 aromatic heterocycles. The van der Waals surface area contributed by atoms with Crippen molar-refractivity contribution in [2.45, 2.75) is 6.54 Å². The van der Waals surface area contributed by atoms with E-state index in [0.717, 1.165) is 12.1 Å². The van der Waals surface area contributed by atoms with E-state index in [1.54, 1.807) is 24.3 Å². The molecule has 0 radical (unpaired) electrons. The highest BCUT2D eigenvalue weighted by Gasteiger charge is 2.14. The number of rotatable bonds is 5. The molecule has 7 heteroatoms. The summed E-state index contributed by atoms with van der Waals surface area (Å²) in [7, 11) is 0. The van der Waals surface area contributed by atoms with Crippen LogP contribution in [-0.4, -0.2) is 10.9 Å². The van der Waals surface area contributed by atoms with E-state index in [4.69, 9.17) is 0 Å². The van der Waals surface area contributed by atoms with Crippen molar-refractivity contribution in [3.63, 3.8) is 0 Å². The summed E-state index contributed by atoms with van der Waals surface area (Å²) < 4.78 is 40.9. The van der Waals surface area contributed by atoms with Gasteiger partial charge < -0.3 is 10.6 Å². The van der Waals surface area contributed by atoms with Crippen LogP contribution >= 0.6 is 0 Å². The van der Waals surface area contributed by atoms with Crippen LogP contribution in [0, 0.1) is 17.5 Å². The number of para-hydroxylation sites is 1. The molecule has 2 N–H and O–H groups in total. The van der Waals surface area contributed by atoms with Crippen LogP contribution in [0.4, 0.5) is 24.5 Å². The highest BCUT2D eigenvalue weighted by atomic mass is 19.1. The molecular weight excluding hydrogens is 343 g/mol. The molecule has 0 bridgehead atoms. The predicted molar refractivity (Wildman–Crippen MR) is 92.3 cm³/mol. The van der Waals surface area contributed by atoms with E-state index in [0.29, 0.717) is 11.3 Å². The Hall–Kier alpha value is -3.35. The van der Waals surface area contributed by atoms with Gasteiger partial charge in [-0.1, -0.05) is 24.3 Å². The van der Waals surface area contributed by atoms with Gasteiger partial charge in [0.1, 0.15) is 28.8 Å². The summed E-state index contributed by atoms with van der Waals surface area (Å²) in [6.07, 6.45) is 1.37. The fraction of sp³-hybridized carbons (Fsp3) is 0.0526. The molecule has 26 heavy (non-hydrogen) atoms. The van der Waals surface area contributed by atoms with Crippen molar-refractivity contribution in [2.24, 2.45) is 0 Å². The van der Waals surface area contributed by atoms with Gasteiger partial charge in [-0.25, -0.2) is 13.2 Å². The fourth-order valence-electron chi connectivity index (χ4n) is 2.30. The van der Waals surface area contributed by atoms with Gasteiger partial charge in [0.05, 0.1) is 0 Å². The number of hydrogen-bond donors (Lipinski definition) is 2. The van der Waals surface area contributed by atoms with Crippen LogP contribution in [0.5, 0.6) is 0 Å². The lowest BCUT2D eigenvalue weighted by Gasteiger charge is -2.10. The van der Waals surface area contributed by atoms with Gasteiger partial charge >= 0.3 is 0 Å². The minimum absolute atomic E-state index is 0.0359. The zero-order valence-corrected chi connectivity index (χ0v) is 13.5. The fourth-order valence-corrected chi connectivity index (χ4v) is 2.30. The number of halogens is 3. The van der Waals surface area contributed by atoms with Gasteiger partial charge in [-0.15, -0.1) is 0 Å². The number of pyridine rings is 1. The number of nitrogens with zero attached hydrogens (tertiary/aromatic N) is 1. The molecule has 0 unspecified atom stereocenters. The first-order valence-electron chi connectivity index (χ1n) is 7.73. The van der Waals surface area contributed by atoms with Crippen LogP contribution in [0.1, 0.15) is 16.1 Å². The lowest BCUT2D eigenvalue weighted by atomic mass is 10.2. The third kappa shape index (κ3) is 4.00. The Bertz CT molecular complexity index is 927. The molecule has 0 saturated heterocycles. The standard InChI is InChI=1S/C19H14F3N3O/c20-14-5-2-1-4-12(14)11-24-13-8-9-23-17(10-13)19(26)25-18-15(21)6-3-7-16(18)22/h1-10H,11H2,(H,23,24)(H,25,26). The van der Waals surface area contributed by atoms with Crippen molar-refractivity contribution < 1.29 is 18.0 Å². The van der Waals surface area contributed by atoms with Crippen molar-refractivity contribution in [2.75, 3.05) is 10.6 Å². The molecule has 0 atom stereocenters. The zero-order valence-electron chi connectivity index (χ0n) is 13.5. The maximum Gasteiger partial charge on any atom is 0.274 e. The monoisotopic (exact) mass is 357 g/mol. The molecule has 0 aliphatic rings. The molecule has 3 aromatic rings. The van der Waals surface area contributed by atoms with Crippen molar-refractivity contribution in [3.05, 3.63) is 89.5 Å². The van der Waals surface area contributed by atoms with Gasteiger partial charge in [-0.2, -0.15) is 0 Å². The Labute approximate surface area is 147 Å². The normalized spacial score (nSPS) is 10.4. The topological polar surface area (TPSA) is 54.0 Å². The van der Waals surface area contributed by atoms with Crippen LogP contribution in [0.15, 0.2) is 60.8 Å². The van der Waals surface area contributed by atoms with E-state index in [1.165, 1.54) is 24.4 Å². The molecule has 1 heterocycles. The van der Waals surface area contributed by atoms with Crippen LogP contribution in [0.3, 0.4) is 0 Å². The van der Waals surface area contributed by atoms with Gasteiger partial charge in [-0.3, -0.25) is 9.78 Å². The van der Waals surface area contributed by atoms with Crippen molar-refractivity contribution in [3.8, 4) is 0 Å². The average Bonchev–Trinajstić information content (AvgIpc) is 2.64. The van der Waals surface area contributed by atoms with Crippen LogP contribution in [0.2, 0.25) is 0 Å². The highest BCUT2D eigenvalue weighted by Crippen LogP contribution is 2.19. The first kappa shape index (κ1) is 17.5. The zero-order chi connectivity index (χ0) is 18.5. The number of carbonyl (C=O) groups is 1. The highest BCUT2D eigenvalue weighted by molar-refractivity contribution is 6.03. The second-order valence-electron chi connectivity index (χ2n) is 5.43. The second-order valence-corrected chi connectivity index (χ2v) is 5.43. The summed E-state index contributed by atoms with van der Waals surface area (Å²) in [6, 6.07) is 12.6. The van der Waals surface area contributed by atoms with Gasteiger partial charge in [0.2, 0.25) is 0 Å². The maximum absolute atomic E-state index is 13.6. The smallest absolute Gasteiger partial charge is 0.274 e. The molecular formula is C19H14F3N3O. The lowest BCUT2D eigenvalue weighted by molar-refractivity contribution is 0.102. The van der Waals surface area contributed by atoms with E-state index < -0.39 is 23.2 Å². The van der Waals surface area contributed by atoms with Crippen molar-refractivity contribution >= 4 is 17.3 Å². The minimum Gasteiger partial charge on any atom is -0.381 e. The van der Waals surface area contributed by atoms with E-state index >= 15 is 0 Å². The van der Waals surface area contributed by atoms with E-state index in [1.807, 2.05) is 0 Å².